The van der Waals surface area contributed by atoms with Crippen LogP contribution in [-0.4, -0.2) is 41.2 Å². The van der Waals surface area contributed by atoms with Gasteiger partial charge in [0, 0.05) is 12.1 Å². The first-order chi connectivity index (χ1) is 17.3. The van der Waals surface area contributed by atoms with Crippen LogP contribution in [0.15, 0.2) is 54.6 Å². The van der Waals surface area contributed by atoms with Crippen LogP contribution in [0.4, 0.5) is 5.69 Å². The molecule has 7 heteroatoms. The van der Waals surface area contributed by atoms with E-state index in [-0.39, 0.29) is 47.8 Å². The fraction of sp³-hybridized carbons (Fsp3) is 0.448. The van der Waals surface area contributed by atoms with Crippen molar-refractivity contribution in [1.29, 1.82) is 0 Å². The number of likely N-dealkylation sites (tertiary alicyclic amines) is 1. The molecule has 2 aromatic carbocycles. The van der Waals surface area contributed by atoms with Crippen molar-refractivity contribution in [3.63, 3.8) is 0 Å². The van der Waals surface area contributed by atoms with Gasteiger partial charge in [0.15, 0.2) is 0 Å². The van der Waals surface area contributed by atoms with E-state index < -0.39 is 17.9 Å². The number of esters is 1. The number of carbonyl (C=O) groups is 4. The molecule has 3 amide bonds. The van der Waals surface area contributed by atoms with E-state index in [4.69, 9.17) is 4.74 Å². The van der Waals surface area contributed by atoms with Crippen molar-refractivity contribution in [3.05, 3.63) is 65.7 Å². The minimum Gasteiger partial charge on any atom is -0.462 e. The molecule has 188 valence electrons. The molecule has 1 saturated heterocycles. The van der Waals surface area contributed by atoms with Gasteiger partial charge < -0.3 is 10.1 Å². The van der Waals surface area contributed by atoms with Gasteiger partial charge in [-0.2, -0.15) is 0 Å². The highest BCUT2D eigenvalue weighted by molar-refractivity contribution is 6.10. The fourth-order valence-electron chi connectivity index (χ4n) is 6.12. The second kappa shape index (κ2) is 9.88. The summed E-state index contributed by atoms with van der Waals surface area (Å²) in [5.41, 5.74) is 1.75. The zero-order chi connectivity index (χ0) is 25.4. The van der Waals surface area contributed by atoms with Gasteiger partial charge in [0.1, 0.15) is 6.04 Å². The van der Waals surface area contributed by atoms with Crippen LogP contribution in [0.5, 0.6) is 0 Å². The summed E-state index contributed by atoms with van der Waals surface area (Å²) in [5.74, 6) is -1.04. The Morgan fingerprint density at radius 2 is 1.56 bits per heavy atom. The number of hydrogen-bond donors (Lipinski definition) is 1. The first kappa shape index (κ1) is 24.2. The van der Waals surface area contributed by atoms with Crippen LogP contribution in [-0.2, 0) is 25.5 Å². The zero-order valence-electron chi connectivity index (χ0n) is 20.7. The van der Waals surface area contributed by atoms with Gasteiger partial charge in [-0.15, -0.1) is 0 Å². The molecule has 1 heterocycles. The van der Waals surface area contributed by atoms with Gasteiger partial charge in [-0.1, -0.05) is 44.2 Å². The van der Waals surface area contributed by atoms with E-state index in [9.17, 15) is 19.2 Å². The summed E-state index contributed by atoms with van der Waals surface area (Å²) in [6.45, 7) is 4.26. The number of amides is 3. The molecule has 5 rings (SSSR count). The highest BCUT2D eigenvalue weighted by Gasteiger charge is 2.62. The lowest BCUT2D eigenvalue weighted by molar-refractivity contribution is -0.147. The number of benzene rings is 2. The van der Waals surface area contributed by atoms with Crippen LogP contribution in [0.3, 0.4) is 0 Å². The zero-order valence-corrected chi connectivity index (χ0v) is 20.7. The van der Waals surface area contributed by atoms with Crippen LogP contribution in [0.1, 0.15) is 49.0 Å². The average molecular weight is 489 g/mol. The van der Waals surface area contributed by atoms with Crippen molar-refractivity contribution in [2.24, 2.45) is 29.6 Å². The summed E-state index contributed by atoms with van der Waals surface area (Å²) < 4.78 is 5.26. The molecular formula is C29H32N2O5. The lowest BCUT2D eigenvalue weighted by Crippen LogP contribution is -2.49. The molecule has 0 aromatic heterocycles. The summed E-state index contributed by atoms with van der Waals surface area (Å²) in [5, 5.41) is 2.86. The standard InChI is InChI=1S/C29H32N2O5/c1-17(2)16-36-29(35)19-10-12-22(13-11-19)30-26(32)23(14-18-6-4-3-5-7-18)31-27(33)24-20-8-9-21(15-20)25(24)28(31)34/h3-7,10-13,17,20-21,23-25H,8-9,14-16H2,1-2H3,(H,30,32)/t20-,21-,23-,24+,25+/m0/s1. The van der Waals surface area contributed by atoms with E-state index >= 15 is 0 Å². The largest absolute Gasteiger partial charge is 0.462 e. The first-order valence-corrected chi connectivity index (χ1v) is 12.8. The van der Waals surface area contributed by atoms with Crippen molar-refractivity contribution >= 4 is 29.4 Å². The molecular weight excluding hydrogens is 456 g/mol. The number of fused-ring (bicyclic) bond motifs is 5. The van der Waals surface area contributed by atoms with E-state index in [1.807, 2.05) is 44.2 Å². The van der Waals surface area contributed by atoms with Crippen LogP contribution in [0.2, 0.25) is 0 Å². The summed E-state index contributed by atoms with van der Waals surface area (Å²) in [4.78, 5) is 54.0. The molecule has 0 spiro atoms. The average Bonchev–Trinajstić information content (AvgIpc) is 3.56. The molecule has 7 nitrogen and oxygen atoms in total. The Kier molecular flexibility index (Phi) is 6.65. The molecule has 0 radical (unpaired) electrons. The molecule has 5 atom stereocenters. The second-order valence-corrected chi connectivity index (χ2v) is 10.7. The van der Waals surface area contributed by atoms with Gasteiger partial charge in [0.05, 0.1) is 24.0 Å². The number of imide groups is 1. The molecule has 2 saturated carbocycles. The molecule has 36 heavy (non-hydrogen) atoms. The van der Waals surface area contributed by atoms with Gasteiger partial charge in [0.25, 0.3) is 0 Å². The normalized spacial score (nSPS) is 25.2. The predicted octanol–water partition coefficient (Wildman–Crippen LogP) is 4.08. The van der Waals surface area contributed by atoms with Gasteiger partial charge in [-0.05, 0) is 66.8 Å². The Hall–Kier alpha value is -3.48. The fourth-order valence-corrected chi connectivity index (χ4v) is 6.12. The Labute approximate surface area is 211 Å². The predicted molar refractivity (Wildman–Crippen MR) is 134 cm³/mol. The van der Waals surface area contributed by atoms with Gasteiger partial charge in [-0.25, -0.2) is 4.79 Å². The lowest BCUT2D eigenvalue weighted by Gasteiger charge is -2.27. The summed E-state index contributed by atoms with van der Waals surface area (Å²) in [7, 11) is 0. The maximum Gasteiger partial charge on any atom is 0.338 e. The monoisotopic (exact) mass is 488 g/mol. The molecule has 1 aliphatic heterocycles. The van der Waals surface area contributed by atoms with Crippen molar-refractivity contribution in [2.75, 3.05) is 11.9 Å². The number of nitrogens with one attached hydrogen (secondary N) is 1. The van der Waals surface area contributed by atoms with Crippen molar-refractivity contribution in [2.45, 2.75) is 45.6 Å². The molecule has 2 aromatic rings. The van der Waals surface area contributed by atoms with Gasteiger partial charge >= 0.3 is 5.97 Å². The van der Waals surface area contributed by atoms with E-state index in [1.54, 1.807) is 24.3 Å². The maximum absolute atomic E-state index is 13.5. The lowest BCUT2D eigenvalue weighted by atomic mass is 9.81. The topological polar surface area (TPSA) is 92.8 Å². The Bertz CT molecular complexity index is 1130. The van der Waals surface area contributed by atoms with Crippen LogP contribution in [0.25, 0.3) is 0 Å². The second-order valence-electron chi connectivity index (χ2n) is 10.7. The molecule has 0 unspecified atom stereocenters. The van der Waals surface area contributed by atoms with Crippen molar-refractivity contribution in [1.82, 2.24) is 4.90 Å². The summed E-state index contributed by atoms with van der Waals surface area (Å²) >= 11 is 0. The molecule has 3 fully saturated rings. The third kappa shape index (κ3) is 4.54. The first-order valence-electron chi connectivity index (χ1n) is 12.8. The quantitative estimate of drug-likeness (QED) is 0.447. The number of hydrogen-bond acceptors (Lipinski definition) is 5. The SMILES string of the molecule is CC(C)COC(=O)c1ccc(NC(=O)[C@H](Cc2ccccc2)N2C(=O)[C@@H]3[C@H]4CC[C@@H](C4)[C@H]3C2=O)cc1. The molecule has 1 N–H and O–H groups in total. The summed E-state index contributed by atoms with van der Waals surface area (Å²) in [6.07, 6.45) is 3.17. The van der Waals surface area contributed by atoms with Crippen LogP contribution >= 0.6 is 0 Å². The van der Waals surface area contributed by atoms with E-state index in [0.29, 0.717) is 17.9 Å². The Morgan fingerprint density at radius 1 is 0.944 bits per heavy atom. The maximum atomic E-state index is 13.5. The Morgan fingerprint density at radius 3 is 2.14 bits per heavy atom. The van der Waals surface area contributed by atoms with Crippen molar-refractivity contribution in [3.8, 4) is 0 Å². The number of ether oxygens (including phenoxy) is 1. The van der Waals surface area contributed by atoms with E-state index in [2.05, 4.69) is 5.32 Å². The highest BCUT2D eigenvalue weighted by Crippen LogP contribution is 2.56. The number of anilines is 1. The number of rotatable bonds is 8. The summed E-state index contributed by atoms with van der Waals surface area (Å²) in [6, 6.07) is 15.0. The minimum atomic E-state index is -0.937. The van der Waals surface area contributed by atoms with Gasteiger partial charge in [0.2, 0.25) is 17.7 Å². The third-order valence-electron chi connectivity index (χ3n) is 7.78. The van der Waals surface area contributed by atoms with Crippen molar-refractivity contribution < 1.29 is 23.9 Å². The van der Waals surface area contributed by atoms with Crippen LogP contribution in [0, 0.1) is 29.6 Å². The molecule has 2 bridgehead atoms. The Balaban J connectivity index is 1.35. The number of nitrogens with zero attached hydrogens (tertiary/aromatic N) is 1. The van der Waals surface area contributed by atoms with E-state index in [1.165, 1.54) is 4.90 Å². The third-order valence-corrected chi connectivity index (χ3v) is 7.78. The number of carbonyl (C=O) groups excluding carboxylic acids is 4. The minimum absolute atomic E-state index is 0.198. The van der Waals surface area contributed by atoms with Crippen LogP contribution < -0.4 is 5.32 Å². The smallest absolute Gasteiger partial charge is 0.338 e. The molecule has 3 aliphatic rings. The van der Waals surface area contributed by atoms with Gasteiger partial charge in [-0.3, -0.25) is 19.3 Å². The van der Waals surface area contributed by atoms with E-state index in [0.717, 1.165) is 24.8 Å². The highest BCUT2D eigenvalue weighted by atomic mass is 16.5. The molecule has 2 aliphatic carbocycles.